The first kappa shape index (κ1) is 12.2. The van der Waals surface area contributed by atoms with Crippen LogP contribution in [0.2, 0.25) is 0 Å². The molecule has 0 saturated heterocycles. The fourth-order valence-electron chi connectivity index (χ4n) is 0.347. The third-order valence-electron chi connectivity index (χ3n) is 0.956. The lowest BCUT2D eigenvalue weighted by atomic mass is 10.8. The molecule has 6 N–H and O–H groups in total. The number of rotatable bonds is 3. The van der Waals surface area contributed by atoms with Crippen LogP contribution in [-0.4, -0.2) is 41.5 Å². The lowest BCUT2D eigenvalue weighted by molar-refractivity contribution is 0.0823. The minimum atomic E-state index is -5.10. The Labute approximate surface area is 66.8 Å². The second-order valence-electron chi connectivity index (χ2n) is 2.01. The Kier molecular flexibility index (Phi) is 3.59. The second-order valence-corrected chi connectivity index (χ2v) is 5.42. The van der Waals surface area contributed by atoms with Crippen LogP contribution in [0.15, 0.2) is 0 Å². The molecule has 2 unspecified atom stereocenters. The molecule has 0 aliphatic carbocycles. The highest BCUT2D eigenvalue weighted by Gasteiger charge is 2.43. The lowest BCUT2D eigenvalue weighted by Gasteiger charge is -2.18. The molecule has 0 fully saturated rings. The van der Waals surface area contributed by atoms with Gasteiger partial charge in [-0.25, -0.2) is 0 Å². The standard InChI is InChI=1S/C2H8O8P2/c3-1(11(5,6)7)2(4)12(8,9)10/h1-4H,(H2,5,6,7)(H2,8,9,10). The maximum absolute atomic E-state index is 10.2. The van der Waals surface area contributed by atoms with Crippen LogP contribution in [0.3, 0.4) is 0 Å². The molecule has 0 aromatic heterocycles. The van der Waals surface area contributed by atoms with E-state index in [2.05, 4.69) is 0 Å². The number of hydrogen-bond donors (Lipinski definition) is 6. The van der Waals surface area contributed by atoms with Gasteiger partial charge in [-0.3, -0.25) is 9.13 Å². The smallest absolute Gasteiger partial charge is 0.357 e. The Bertz CT molecular complexity index is 209. The zero-order valence-corrected chi connectivity index (χ0v) is 7.34. The van der Waals surface area contributed by atoms with Crippen molar-refractivity contribution in [3.05, 3.63) is 0 Å². The van der Waals surface area contributed by atoms with Crippen molar-refractivity contribution < 1.29 is 38.9 Å². The summed E-state index contributed by atoms with van der Waals surface area (Å²) in [5, 5.41) is 17.0. The van der Waals surface area contributed by atoms with Crippen molar-refractivity contribution in [1.82, 2.24) is 0 Å². The van der Waals surface area contributed by atoms with Crippen molar-refractivity contribution in [1.29, 1.82) is 0 Å². The molecule has 0 radical (unpaired) electrons. The normalized spacial score (nSPS) is 18.8. The molecule has 0 rings (SSSR count). The molecule has 0 spiro atoms. The minimum absolute atomic E-state index is 2.77. The van der Waals surface area contributed by atoms with Gasteiger partial charge in [-0.1, -0.05) is 0 Å². The fourth-order valence-corrected chi connectivity index (χ4v) is 2.08. The molecule has 0 aliphatic heterocycles. The van der Waals surface area contributed by atoms with E-state index in [9.17, 15) is 9.13 Å². The molecule has 0 heterocycles. The Morgan fingerprint density at radius 3 is 1.00 bits per heavy atom. The van der Waals surface area contributed by atoms with Crippen molar-refractivity contribution in [3.8, 4) is 0 Å². The molecule has 2 atom stereocenters. The SMILES string of the molecule is O=P(O)(O)C(O)C(O)P(=O)(O)O. The van der Waals surface area contributed by atoms with E-state index >= 15 is 0 Å². The highest BCUT2D eigenvalue weighted by molar-refractivity contribution is 7.56. The van der Waals surface area contributed by atoms with Gasteiger partial charge in [-0.15, -0.1) is 0 Å². The zero-order valence-electron chi connectivity index (χ0n) is 5.55. The van der Waals surface area contributed by atoms with E-state index in [1.807, 2.05) is 0 Å². The summed E-state index contributed by atoms with van der Waals surface area (Å²) in [6, 6.07) is 0. The van der Waals surface area contributed by atoms with E-state index in [4.69, 9.17) is 29.8 Å². The van der Waals surface area contributed by atoms with Crippen molar-refractivity contribution in [2.24, 2.45) is 0 Å². The Balaban J connectivity index is 4.64. The van der Waals surface area contributed by atoms with Gasteiger partial charge in [0.05, 0.1) is 0 Å². The Hall–Kier alpha value is 0.220. The molecule has 0 bridgehead atoms. The van der Waals surface area contributed by atoms with Gasteiger partial charge in [0.25, 0.3) is 0 Å². The predicted octanol–water partition coefficient (Wildman–Crippen LogP) is -2.02. The average molecular weight is 222 g/mol. The first-order valence-electron chi connectivity index (χ1n) is 2.53. The highest BCUT2D eigenvalue weighted by atomic mass is 31.2. The van der Waals surface area contributed by atoms with Crippen LogP contribution in [-0.2, 0) is 9.13 Å². The molecule has 0 amide bonds. The van der Waals surface area contributed by atoms with Gasteiger partial charge in [0, 0.05) is 0 Å². The quantitative estimate of drug-likeness (QED) is 0.299. The second kappa shape index (κ2) is 3.53. The van der Waals surface area contributed by atoms with E-state index in [1.165, 1.54) is 0 Å². The Morgan fingerprint density at radius 2 is 0.917 bits per heavy atom. The molecule has 8 nitrogen and oxygen atoms in total. The first-order chi connectivity index (χ1) is 5.07. The molecule has 0 aromatic rings. The van der Waals surface area contributed by atoms with Gasteiger partial charge < -0.3 is 29.8 Å². The van der Waals surface area contributed by atoms with E-state index < -0.39 is 26.9 Å². The summed E-state index contributed by atoms with van der Waals surface area (Å²) in [7, 11) is -10.2. The Morgan fingerprint density at radius 1 is 0.750 bits per heavy atom. The van der Waals surface area contributed by atoms with Crippen molar-refractivity contribution in [3.63, 3.8) is 0 Å². The molecule has 0 saturated carbocycles. The lowest BCUT2D eigenvalue weighted by Crippen LogP contribution is -2.25. The van der Waals surface area contributed by atoms with Crippen LogP contribution < -0.4 is 0 Å². The fraction of sp³-hybridized carbons (Fsp3) is 1.00. The van der Waals surface area contributed by atoms with E-state index in [0.29, 0.717) is 0 Å². The van der Waals surface area contributed by atoms with Crippen LogP contribution in [0.1, 0.15) is 0 Å². The molecular weight excluding hydrogens is 214 g/mol. The predicted molar refractivity (Wildman–Crippen MR) is 36.1 cm³/mol. The first-order valence-corrected chi connectivity index (χ1v) is 5.89. The molecular formula is C2H8O8P2. The van der Waals surface area contributed by atoms with Crippen LogP contribution >= 0.6 is 15.2 Å². The molecule has 0 aliphatic rings. The number of aliphatic hydroxyl groups is 2. The highest BCUT2D eigenvalue weighted by Crippen LogP contribution is 2.51. The summed E-state index contributed by atoms with van der Waals surface area (Å²) in [5.74, 6) is -5.53. The zero-order chi connectivity index (χ0) is 10.2. The van der Waals surface area contributed by atoms with Gasteiger partial charge in [0.1, 0.15) is 0 Å². The van der Waals surface area contributed by atoms with Gasteiger partial charge >= 0.3 is 15.2 Å². The topological polar surface area (TPSA) is 156 Å². The maximum atomic E-state index is 10.2. The van der Waals surface area contributed by atoms with Crippen LogP contribution in [0.25, 0.3) is 0 Å². The summed E-state index contributed by atoms with van der Waals surface area (Å²) < 4.78 is 20.3. The van der Waals surface area contributed by atoms with Crippen LogP contribution in [0.4, 0.5) is 0 Å². The maximum Gasteiger partial charge on any atom is 0.357 e. The monoisotopic (exact) mass is 222 g/mol. The van der Waals surface area contributed by atoms with Crippen LogP contribution in [0.5, 0.6) is 0 Å². The van der Waals surface area contributed by atoms with E-state index in [0.717, 1.165) is 0 Å². The number of hydrogen-bond acceptors (Lipinski definition) is 4. The molecule has 0 aromatic carbocycles. The molecule has 10 heteroatoms. The summed E-state index contributed by atoms with van der Waals surface area (Å²) in [4.78, 5) is 32.7. The van der Waals surface area contributed by atoms with E-state index in [-0.39, 0.29) is 0 Å². The van der Waals surface area contributed by atoms with Gasteiger partial charge in [0.15, 0.2) is 11.7 Å². The van der Waals surface area contributed by atoms with Crippen molar-refractivity contribution in [2.45, 2.75) is 11.7 Å². The van der Waals surface area contributed by atoms with Crippen LogP contribution in [0, 0.1) is 0 Å². The third kappa shape index (κ3) is 3.30. The number of aliphatic hydroxyl groups excluding tert-OH is 2. The van der Waals surface area contributed by atoms with Crippen molar-refractivity contribution >= 4 is 15.2 Å². The van der Waals surface area contributed by atoms with E-state index in [1.54, 1.807) is 0 Å². The van der Waals surface area contributed by atoms with Gasteiger partial charge in [-0.05, 0) is 0 Å². The van der Waals surface area contributed by atoms with Crippen molar-refractivity contribution in [2.75, 3.05) is 0 Å². The molecule has 74 valence electrons. The average Bonchev–Trinajstić information content (AvgIpc) is 1.80. The summed E-state index contributed by atoms with van der Waals surface area (Å²) in [6.45, 7) is 0. The third-order valence-corrected chi connectivity index (χ3v) is 3.13. The summed E-state index contributed by atoms with van der Waals surface area (Å²) in [5.41, 5.74) is 0. The largest absolute Gasteiger partial charge is 0.378 e. The molecule has 12 heavy (non-hydrogen) atoms. The summed E-state index contributed by atoms with van der Waals surface area (Å²) in [6.07, 6.45) is 0. The summed E-state index contributed by atoms with van der Waals surface area (Å²) >= 11 is 0. The van der Waals surface area contributed by atoms with Gasteiger partial charge in [-0.2, -0.15) is 0 Å². The van der Waals surface area contributed by atoms with Gasteiger partial charge in [0.2, 0.25) is 0 Å². The minimum Gasteiger partial charge on any atom is -0.378 e.